The van der Waals surface area contributed by atoms with Crippen molar-refractivity contribution in [3.05, 3.63) is 77.9 Å². The van der Waals surface area contributed by atoms with Crippen LogP contribution < -0.4 is 15.7 Å². The Morgan fingerprint density at radius 2 is 1.93 bits per heavy atom. The molecule has 0 spiro atoms. The smallest absolute Gasteiger partial charge is 0.225 e. The fourth-order valence-corrected chi connectivity index (χ4v) is 2.42. The van der Waals surface area contributed by atoms with E-state index in [9.17, 15) is 5.11 Å². The van der Waals surface area contributed by atoms with Gasteiger partial charge in [-0.05, 0) is 25.0 Å². The number of aromatic nitrogens is 3. The van der Waals surface area contributed by atoms with Gasteiger partial charge in [0.25, 0.3) is 0 Å². The Bertz CT molecular complexity index is 964. The molecule has 2 N–H and O–H groups in total. The summed E-state index contributed by atoms with van der Waals surface area (Å²) in [6, 6.07) is 13.1. The van der Waals surface area contributed by atoms with E-state index in [2.05, 4.69) is 32.3 Å². The fraction of sp³-hybridized carbons (Fsp3) is 0.150. The Morgan fingerprint density at radius 3 is 2.63 bits per heavy atom. The lowest BCUT2D eigenvalue weighted by molar-refractivity contribution is -0.302. The van der Waals surface area contributed by atoms with Crippen molar-refractivity contribution < 1.29 is 9.63 Å². The summed E-state index contributed by atoms with van der Waals surface area (Å²) in [5.41, 5.74) is 2.32. The number of aryl methyl sites for hydroxylation is 2. The van der Waals surface area contributed by atoms with Gasteiger partial charge in [-0.25, -0.2) is 4.98 Å². The molecule has 2 heterocycles. The maximum atomic E-state index is 12.2. The third-order valence-corrected chi connectivity index (χ3v) is 3.64. The number of allylic oxidation sites excluding steroid dienone is 2. The zero-order chi connectivity index (χ0) is 19.2. The van der Waals surface area contributed by atoms with Gasteiger partial charge in [0.05, 0.1) is 0 Å². The number of anilines is 3. The molecule has 0 aliphatic rings. The summed E-state index contributed by atoms with van der Waals surface area (Å²) in [7, 11) is 0. The highest BCUT2D eigenvalue weighted by Crippen LogP contribution is 2.17. The molecule has 2 aromatic heterocycles. The lowest BCUT2D eigenvalue weighted by Crippen LogP contribution is -2.17. The molecule has 7 nitrogen and oxygen atoms in total. The van der Waals surface area contributed by atoms with Crippen molar-refractivity contribution in [3.8, 4) is 0 Å². The molecule has 7 heteroatoms. The van der Waals surface area contributed by atoms with Crippen LogP contribution >= 0.6 is 0 Å². The first-order chi connectivity index (χ1) is 13.0. The van der Waals surface area contributed by atoms with Crippen LogP contribution in [0.4, 0.5) is 17.6 Å². The predicted molar refractivity (Wildman–Crippen MR) is 103 cm³/mol. The average Bonchev–Trinajstić information content (AvgIpc) is 3.05. The van der Waals surface area contributed by atoms with Crippen LogP contribution in [-0.4, -0.2) is 21.7 Å². The van der Waals surface area contributed by atoms with Gasteiger partial charge in [-0.1, -0.05) is 48.1 Å². The van der Waals surface area contributed by atoms with Crippen LogP contribution in [0.5, 0.6) is 0 Å². The van der Waals surface area contributed by atoms with Crippen molar-refractivity contribution in [1.82, 2.24) is 15.1 Å². The van der Waals surface area contributed by atoms with Crippen molar-refractivity contribution in [2.75, 3.05) is 17.2 Å². The predicted octanol–water partition coefficient (Wildman–Crippen LogP) is 3.19. The van der Waals surface area contributed by atoms with Crippen molar-refractivity contribution in [2.45, 2.75) is 13.8 Å². The number of benzene rings is 1. The highest BCUT2D eigenvalue weighted by atomic mass is 16.5. The Balaban J connectivity index is 1.65. The number of hydrogen-bond donors (Lipinski definition) is 2. The Labute approximate surface area is 157 Å². The van der Waals surface area contributed by atoms with Gasteiger partial charge >= 0.3 is 0 Å². The molecule has 0 atom stereocenters. The monoisotopic (exact) mass is 362 g/mol. The Hall–Kier alpha value is -3.61. The topological polar surface area (TPSA) is 98.9 Å². The summed E-state index contributed by atoms with van der Waals surface area (Å²) in [5.74, 6) is 2.05. The molecule has 1 aromatic carbocycles. The largest absolute Gasteiger partial charge is 0.874 e. The molecule has 0 aliphatic carbocycles. The van der Waals surface area contributed by atoms with Crippen LogP contribution in [0.15, 0.2) is 65.4 Å². The number of rotatable bonds is 7. The van der Waals surface area contributed by atoms with Gasteiger partial charge in [-0.3, -0.25) is 0 Å². The van der Waals surface area contributed by atoms with Gasteiger partial charge in [-0.2, -0.15) is 4.98 Å². The number of hydrogen-bond acceptors (Lipinski definition) is 7. The molecule has 0 saturated carbocycles. The first-order valence-electron chi connectivity index (χ1n) is 8.41. The van der Waals surface area contributed by atoms with Crippen LogP contribution in [-0.2, 0) is 0 Å². The minimum atomic E-state index is -0.115. The van der Waals surface area contributed by atoms with Crippen LogP contribution in [0.1, 0.15) is 17.0 Å². The van der Waals surface area contributed by atoms with Gasteiger partial charge in [0.1, 0.15) is 11.6 Å². The third-order valence-electron chi connectivity index (χ3n) is 3.64. The lowest BCUT2D eigenvalue weighted by atomic mass is 10.1. The lowest BCUT2D eigenvalue weighted by Gasteiger charge is -2.15. The molecule has 0 saturated heterocycles. The van der Waals surface area contributed by atoms with E-state index in [4.69, 9.17) is 4.52 Å². The van der Waals surface area contributed by atoms with Gasteiger partial charge in [-0.15, -0.1) is 5.76 Å². The molecule has 138 valence electrons. The Kier molecular flexibility index (Phi) is 5.51. The quantitative estimate of drug-likeness (QED) is 0.492. The first kappa shape index (κ1) is 18.2. The molecule has 0 aliphatic heterocycles. The zero-order valence-electron chi connectivity index (χ0n) is 15.2. The summed E-state index contributed by atoms with van der Waals surface area (Å²) in [6.45, 7) is 7.65. The fourth-order valence-electron chi connectivity index (χ4n) is 2.42. The molecule has 3 rings (SSSR count). The van der Waals surface area contributed by atoms with Crippen LogP contribution in [0.2, 0.25) is 0 Å². The summed E-state index contributed by atoms with van der Waals surface area (Å²) in [5, 5.41) is 22.1. The van der Waals surface area contributed by atoms with E-state index in [1.165, 1.54) is 6.08 Å². The van der Waals surface area contributed by atoms with Crippen LogP contribution in [0.25, 0.3) is 5.57 Å². The highest BCUT2D eigenvalue weighted by Gasteiger charge is 2.05. The van der Waals surface area contributed by atoms with Crippen molar-refractivity contribution >= 4 is 23.2 Å². The van der Waals surface area contributed by atoms with E-state index in [0.29, 0.717) is 28.9 Å². The minimum absolute atomic E-state index is 0.0673. The molecule has 27 heavy (non-hydrogen) atoms. The molecule has 0 radical (unpaired) electrons. The molecule has 0 amide bonds. The second-order valence-corrected chi connectivity index (χ2v) is 6.02. The number of nitrogens with one attached hydrogen (secondary N) is 2. The molecule has 0 fully saturated rings. The van der Waals surface area contributed by atoms with E-state index in [1.54, 1.807) is 12.1 Å². The zero-order valence-corrected chi connectivity index (χ0v) is 15.2. The van der Waals surface area contributed by atoms with E-state index < -0.39 is 0 Å². The molecular weight excluding hydrogens is 342 g/mol. The van der Waals surface area contributed by atoms with Gasteiger partial charge in [0.2, 0.25) is 5.95 Å². The highest BCUT2D eigenvalue weighted by molar-refractivity contribution is 5.72. The van der Waals surface area contributed by atoms with Crippen molar-refractivity contribution in [3.63, 3.8) is 0 Å². The first-order valence-corrected chi connectivity index (χ1v) is 8.41. The van der Waals surface area contributed by atoms with E-state index in [1.807, 2.05) is 44.2 Å². The second-order valence-electron chi connectivity index (χ2n) is 6.02. The number of nitrogens with zero attached hydrogens (tertiary/aromatic N) is 3. The van der Waals surface area contributed by atoms with Crippen LogP contribution in [0, 0.1) is 13.8 Å². The minimum Gasteiger partial charge on any atom is -0.874 e. The normalized spacial score (nSPS) is 11.3. The molecular formula is C20H20N5O2-. The SMILES string of the molecule is C=C(/C=C(\[O-])CNc1nc(C)cc(Nc2cc(C)on2)n1)c1ccccc1. The van der Waals surface area contributed by atoms with Crippen molar-refractivity contribution in [2.24, 2.45) is 0 Å². The van der Waals surface area contributed by atoms with E-state index in [-0.39, 0.29) is 12.3 Å². The van der Waals surface area contributed by atoms with Gasteiger partial charge in [0.15, 0.2) is 5.82 Å². The Morgan fingerprint density at radius 1 is 1.15 bits per heavy atom. The third kappa shape index (κ3) is 5.18. The summed E-state index contributed by atoms with van der Waals surface area (Å²) in [4.78, 5) is 8.64. The van der Waals surface area contributed by atoms with Crippen molar-refractivity contribution in [1.29, 1.82) is 0 Å². The molecule has 0 unspecified atom stereocenters. The maximum absolute atomic E-state index is 12.2. The van der Waals surface area contributed by atoms with E-state index in [0.717, 1.165) is 11.3 Å². The summed E-state index contributed by atoms with van der Waals surface area (Å²) < 4.78 is 5.02. The average molecular weight is 362 g/mol. The van der Waals surface area contributed by atoms with Crippen LogP contribution in [0.3, 0.4) is 0 Å². The van der Waals surface area contributed by atoms with E-state index >= 15 is 0 Å². The van der Waals surface area contributed by atoms with Gasteiger partial charge in [0, 0.05) is 24.4 Å². The summed E-state index contributed by atoms with van der Waals surface area (Å²) >= 11 is 0. The maximum Gasteiger partial charge on any atom is 0.225 e. The standard InChI is InChI=1S/C20H21N5O2/c1-13(16-7-5-4-6-8-16)9-17(26)12-21-20-22-14(2)10-18(24-20)23-19-11-15(3)27-25-19/h4-11,26H,1,12H2,2-3H3,(H2,21,22,23,24,25)/p-1/b17-9-. The molecule has 0 bridgehead atoms. The van der Waals surface area contributed by atoms with Gasteiger partial charge < -0.3 is 20.3 Å². The summed E-state index contributed by atoms with van der Waals surface area (Å²) in [6.07, 6.45) is 1.51. The molecule has 3 aromatic rings. The second kappa shape index (κ2) is 8.18.